The van der Waals surface area contributed by atoms with Crippen molar-refractivity contribution in [2.75, 3.05) is 14.2 Å². The SMILES string of the molecule is C=Cc1c(C)c2cc3nc(cc4[nH]c(cc5nc(cc1[nH]2)C(C)=C5CCC(=O)N[C@@H](CC(=O)O)C(=O)O)c(CCC(=O)N[C@@H](CC(=O)O)C(=O)O)c4C)[C@@]1(C)C3=CC=C(C(=O)OC)C1C(=O)OC. The molecule has 0 radical (unpaired) electrons. The van der Waals surface area contributed by atoms with Gasteiger partial charge in [-0.25, -0.2) is 19.4 Å². The number of allylic oxidation sites excluding steroid dienone is 5. The summed E-state index contributed by atoms with van der Waals surface area (Å²) < 4.78 is 10.4. The molecule has 2 amide bonds. The molecule has 356 valence electrons. The average Bonchev–Trinajstić information content (AvgIpc) is 3.93. The summed E-state index contributed by atoms with van der Waals surface area (Å²) in [6.45, 7) is 11.3. The van der Waals surface area contributed by atoms with E-state index in [1.54, 1.807) is 51.1 Å². The third kappa shape index (κ3) is 9.69. The fourth-order valence-corrected chi connectivity index (χ4v) is 8.88. The fourth-order valence-electron chi connectivity index (χ4n) is 8.88. The smallest absolute Gasteiger partial charge is 0.334 e. The number of carboxylic acid groups (broad SMARTS) is 4. The number of rotatable bonds is 17. The zero-order valence-electron chi connectivity index (χ0n) is 38.0. The van der Waals surface area contributed by atoms with Gasteiger partial charge in [0.25, 0.3) is 0 Å². The maximum absolute atomic E-state index is 13.9. The first-order chi connectivity index (χ1) is 32.1. The summed E-state index contributed by atoms with van der Waals surface area (Å²) in [5, 5.41) is 42.2. The predicted octanol–water partition coefficient (Wildman–Crippen LogP) is 4.55. The fraction of sp³-hybridized carbons (Fsp3) is 0.333. The van der Waals surface area contributed by atoms with Gasteiger partial charge in [0, 0.05) is 40.5 Å². The normalized spacial score (nSPS) is 17.1. The van der Waals surface area contributed by atoms with Crippen molar-refractivity contribution >= 4 is 92.5 Å². The summed E-state index contributed by atoms with van der Waals surface area (Å²) >= 11 is 0. The topological polar surface area (TPSA) is 317 Å². The number of nitrogens with one attached hydrogen (secondary N) is 4. The number of H-pyrrole nitrogens is 2. The second-order valence-electron chi connectivity index (χ2n) is 16.7. The van der Waals surface area contributed by atoms with Crippen molar-refractivity contribution < 1.29 is 68.3 Å². The summed E-state index contributed by atoms with van der Waals surface area (Å²) in [6.07, 6.45) is 2.65. The standard InChI is InChI=1S/C48H50N6O14/c1-8-24-21(2)30-16-35-28-12-9-27(46(65)67-6)43(47(66)68-7)48(28,5)38(52-35)18-31-23(4)26(11-14-40(56)54-37(45(63)64)20-42(59)60)34(51-31)17-33-25(22(3)29(50-33)15-32(24)49-30)10-13-39(55)53-36(44(61)62)19-41(57)58/h8-9,12,15-18,36-37,43,49,51H,1,10-11,13-14,19-20H2,2-7H3,(H,53,55)(H,54,56)(H,57,58)(H,59,60)(H,61,62)(H,63,64)/t36-,37-,43?,48+/m0/s1. The highest BCUT2D eigenvalue weighted by Gasteiger charge is 2.53. The van der Waals surface area contributed by atoms with Gasteiger partial charge in [0.1, 0.15) is 18.0 Å². The molecule has 68 heavy (non-hydrogen) atoms. The molecular weight excluding hydrogens is 885 g/mol. The Labute approximate surface area is 387 Å². The minimum Gasteiger partial charge on any atom is -0.481 e. The number of ether oxygens (including phenoxy) is 2. The Balaban J connectivity index is 1.63. The number of aryl methyl sites for hydroxylation is 3. The molecule has 1 aliphatic carbocycles. The maximum Gasteiger partial charge on any atom is 0.334 e. The summed E-state index contributed by atoms with van der Waals surface area (Å²) in [6, 6.07) is 3.66. The highest BCUT2D eigenvalue weighted by molar-refractivity contribution is 6.02. The van der Waals surface area contributed by atoms with Crippen molar-refractivity contribution in [2.45, 2.75) is 83.7 Å². The molecule has 3 aliphatic rings. The van der Waals surface area contributed by atoms with Gasteiger partial charge in [0.2, 0.25) is 11.8 Å². The number of hydrogen-bond donors (Lipinski definition) is 8. The Morgan fingerprint density at radius 3 is 1.85 bits per heavy atom. The average molecular weight is 935 g/mol. The van der Waals surface area contributed by atoms with Crippen LogP contribution in [-0.2, 0) is 59.7 Å². The summed E-state index contributed by atoms with van der Waals surface area (Å²) in [7, 11) is 2.41. The highest BCUT2D eigenvalue weighted by atomic mass is 16.5. The molecule has 3 aromatic rings. The zero-order valence-corrected chi connectivity index (χ0v) is 38.0. The molecule has 8 N–H and O–H groups in total. The minimum atomic E-state index is -1.69. The van der Waals surface area contributed by atoms with Gasteiger partial charge < -0.3 is 50.5 Å². The van der Waals surface area contributed by atoms with Crippen LogP contribution in [0.2, 0.25) is 0 Å². The first kappa shape index (κ1) is 49.3. The Morgan fingerprint density at radius 1 is 0.735 bits per heavy atom. The third-order valence-electron chi connectivity index (χ3n) is 12.5. The molecule has 1 unspecified atom stereocenters. The number of esters is 2. The van der Waals surface area contributed by atoms with Gasteiger partial charge in [-0.2, -0.15) is 0 Å². The lowest BCUT2D eigenvalue weighted by molar-refractivity contribution is -0.149. The Morgan fingerprint density at radius 2 is 1.29 bits per heavy atom. The Kier molecular flexibility index (Phi) is 14.3. The van der Waals surface area contributed by atoms with Crippen molar-refractivity contribution in [3.63, 3.8) is 0 Å². The van der Waals surface area contributed by atoms with E-state index in [0.29, 0.717) is 72.7 Å². The van der Waals surface area contributed by atoms with Crippen LogP contribution in [0.3, 0.4) is 0 Å². The number of aromatic nitrogens is 4. The monoisotopic (exact) mass is 934 g/mol. The van der Waals surface area contributed by atoms with Crippen LogP contribution < -0.4 is 10.6 Å². The molecule has 0 fully saturated rings. The number of carbonyl (C=O) groups is 8. The van der Waals surface area contributed by atoms with Gasteiger partial charge in [0.05, 0.1) is 60.8 Å². The zero-order chi connectivity index (χ0) is 49.9. The number of aliphatic carboxylic acids is 4. The van der Waals surface area contributed by atoms with Crippen LogP contribution >= 0.6 is 0 Å². The van der Waals surface area contributed by atoms with Crippen molar-refractivity contribution in [1.82, 2.24) is 30.6 Å². The number of aromatic amines is 2. The maximum atomic E-state index is 13.9. The van der Waals surface area contributed by atoms with Crippen LogP contribution in [0.1, 0.15) is 91.0 Å². The van der Waals surface area contributed by atoms with Crippen LogP contribution in [0.15, 0.2) is 48.6 Å². The molecule has 0 saturated carbocycles. The van der Waals surface area contributed by atoms with Crippen molar-refractivity contribution in [3.05, 3.63) is 93.6 Å². The number of amides is 2. The summed E-state index contributed by atoms with van der Waals surface area (Å²) in [4.78, 5) is 117. The quantitative estimate of drug-likeness (QED) is 0.0861. The van der Waals surface area contributed by atoms with Gasteiger partial charge in [-0.1, -0.05) is 24.8 Å². The third-order valence-corrected chi connectivity index (χ3v) is 12.5. The van der Waals surface area contributed by atoms with Crippen LogP contribution in [-0.4, -0.2) is 114 Å². The number of carbonyl (C=O) groups excluding carboxylic acids is 4. The lowest BCUT2D eigenvalue weighted by atomic mass is 9.64. The van der Waals surface area contributed by atoms with Gasteiger partial charge in [0.15, 0.2) is 0 Å². The van der Waals surface area contributed by atoms with E-state index in [-0.39, 0.29) is 31.3 Å². The molecular formula is C48H50N6O14. The molecule has 6 rings (SSSR count). The molecule has 0 spiro atoms. The largest absolute Gasteiger partial charge is 0.481 e. The van der Waals surface area contributed by atoms with Crippen molar-refractivity contribution in [3.8, 4) is 0 Å². The van der Waals surface area contributed by atoms with E-state index in [4.69, 9.17) is 19.4 Å². The summed E-state index contributed by atoms with van der Waals surface area (Å²) in [5.41, 5.74) is 6.90. The van der Waals surface area contributed by atoms with Crippen LogP contribution in [0.25, 0.3) is 44.9 Å². The first-order valence-electron chi connectivity index (χ1n) is 21.3. The van der Waals surface area contributed by atoms with E-state index < -0.39 is 83.9 Å². The number of methoxy groups -OCH3 is 2. The second kappa shape index (κ2) is 19.7. The number of carboxylic acids is 4. The second-order valence-corrected chi connectivity index (χ2v) is 16.7. The van der Waals surface area contributed by atoms with Crippen molar-refractivity contribution in [2.24, 2.45) is 5.92 Å². The molecule has 4 atom stereocenters. The molecule has 20 nitrogen and oxygen atoms in total. The number of hydrogen-bond acceptors (Lipinski definition) is 12. The van der Waals surface area contributed by atoms with E-state index >= 15 is 0 Å². The number of fused-ring (bicyclic) bond motifs is 11. The van der Waals surface area contributed by atoms with Gasteiger partial charge in [-0.05, 0) is 98.2 Å². The summed E-state index contributed by atoms with van der Waals surface area (Å²) in [5.74, 6) is -10.1. The molecule has 0 saturated heterocycles. The van der Waals surface area contributed by atoms with E-state index in [1.807, 2.05) is 13.0 Å². The highest BCUT2D eigenvalue weighted by Crippen LogP contribution is 2.52. The van der Waals surface area contributed by atoms with Gasteiger partial charge in [-0.3, -0.25) is 29.0 Å². The van der Waals surface area contributed by atoms with Crippen LogP contribution in [0.5, 0.6) is 0 Å². The predicted molar refractivity (Wildman–Crippen MR) is 245 cm³/mol. The van der Waals surface area contributed by atoms with E-state index in [1.165, 1.54) is 20.3 Å². The lowest BCUT2D eigenvalue weighted by Gasteiger charge is -2.36. The molecule has 20 heteroatoms. The van der Waals surface area contributed by atoms with E-state index in [2.05, 4.69) is 27.2 Å². The van der Waals surface area contributed by atoms with E-state index in [9.17, 15) is 58.8 Å². The number of nitrogens with zero attached hydrogens (tertiary/aromatic N) is 2. The van der Waals surface area contributed by atoms with E-state index in [0.717, 1.165) is 11.1 Å². The van der Waals surface area contributed by atoms with Gasteiger partial charge >= 0.3 is 35.8 Å². The molecule has 2 aliphatic heterocycles. The van der Waals surface area contributed by atoms with Crippen LogP contribution in [0.4, 0.5) is 0 Å². The molecule has 0 aromatic carbocycles. The van der Waals surface area contributed by atoms with Crippen molar-refractivity contribution in [1.29, 1.82) is 0 Å². The molecule has 8 bridgehead atoms. The minimum absolute atomic E-state index is 0.0171. The molecule has 5 heterocycles. The Bertz CT molecular complexity index is 2970. The lowest BCUT2D eigenvalue weighted by Crippen LogP contribution is -2.42. The van der Waals surface area contributed by atoms with Crippen LogP contribution in [0, 0.1) is 19.8 Å². The Hall–Kier alpha value is -8.16. The molecule has 3 aromatic heterocycles. The first-order valence-corrected chi connectivity index (χ1v) is 21.3. The van der Waals surface area contributed by atoms with Gasteiger partial charge in [-0.15, -0.1) is 0 Å².